The molecule has 0 spiro atoms. The molecule has 0 saturated heterocycles. The van der Waals surface area contributed by atoms with Gasteiger partial charge in [0.25, 0.3) is 0 Å². The molecule has 1 aromatic carbocycles. The first-order valence-electron chi connectivity index (χ1n) is 5.83. The predicted octanol–water partition coefficient (Wildman–Crippen LogP) is 2.13. The highest BCUT2D eigenvalue weighted by Gasteiger charge is 2.07. The molecule has 0 radical (unpaired) electrons. The lowest BCUT2D eigenvalue weighted by Crippen LogP contribution is -2.08. The van der Waals surface area contributed by atoms with Crippen LogP contribution in [0.25, 0.3) is 0 Å². The smallest absolute Gasteiger partial charge is 0.161 e. The topological polar surface area (TPSA) is 53.7 Å². The van der Waals surface area contributed by atoms with Crippen molar-refractivity contribution in [2.75, 3.05) is 26.9 Å². The molecule has 0 aliphatic rings. The van der Waals surface area contributed by atoms with Crippen LogP contribution in [0.5, 0.6) is 11.5 Å². The maximum Gasteiger partial charge on any atom is 0.161 e. The average Bonchev–Trinajstić information content (AvgIpc) is 2.34. The SMILES string of the molecule is CCOCCOc1ccc(C(C)N)cc1OC. The van der Waals surface area contributed by atoms with Gasteiger partial charge < -0.3 is 19.9 Å². The second-order valence-corrected chi connectivity index (χ2v) is 3.74. The molecule has 4 nitrogen and oxygen atoms in total. The zero-order valence-electron chi connectivity index (χ0n) is 10.7. The molecule has 0 aliphatic carbocycles. The van der Waals surface area contributed by atoms with Crippen molar-refractivity contribution < 1.29 is 14.2 Å². The van der Waals surface area contributed by atoms with E-state index in [4.69, 9.17) is 19.9 Å². The molecule has 1 rings (SSSR count). The molecule has 0 aliphatic heterocycles. The summed E-state index contributed by atoms with van der Waals surface area (Å²) in [5.41, 5.74) is 6.84. The standard InChI is InChI=1S/C13H21NO3/c1-4-16-7-8-17-12-6-5-11(10(2)14)9-13(12)15-3/h5-6,9-10H,4,7-8,14H2,1-3H3. The van der Waals surface area contributed by atoms with Crippen LogP contribution in [0.4, 0.5) is 0 Å². The fourth-order valence-corrected chi connectivity index (χ4v) is 1.44. The fourth-order valence-electron chi connectivity index (χ4n) is 1.44. The van der Waals surface area contributed by atoms with E-state index in [1.807, 2.05) is 32.0 Å². The van der Waals surface area contributed by atoms with Crippen LogP contribution in [-0.2, 0) is 4.74 Å². The molecule has 0 saturated carbocycles. The Balaban J connectivity index is 2.65. The van der Waals surface area contributed by atoms with E-state index in [9.17, 15) is 0 Å². The minimum atomic E-state index is -0.0126. The summed E-state index contributed by atoms with van der Waals surface area (Å²) in [6.45, 7) is 5.68. The number of ether oxygens (including phenoxy) is 3. The Bertz CT molecular complexity index is 339. The van der Waals surface area contributed by atoms with Crippen molar-refractivity contribution in [3.05, 3.63) is 23.8 Å². The normalized spacial score (nSPS) is 12.2. The Morgan fingerprint density at radius 2 is 2.00 bits per heavy atom. The van der Waals surface area contributed by atoms with Gasteiger partial charge in [0.15, 0.2) is 11.5 Å². The van der Waals surface area contributed by atoms with Gasteiger partial charge in [0.2, 0.25) is 0 Å². The van der Waals surface area contributed by atoms with Crippen molar-refractivity contribution in [1.29, 1.82) is 0 Å². The third-order valence-corrected chi connectivity index (χ3v) is 2.40. The van der Waals surface area contributed by atoms with E-state index >= 15 is 0 Å². The van der Waals surface area contributed by atoms with E-state index in [0.717, 1.165) is 11.3 Å². The Kier molecular flexibility index (Phi) is 5.80. The number of nitrogens with two attached hydrogens (primary N) is 1. The highest BCUT2D eigenvalue weighted by atomic mass is 16.5. The zero-order chi connectivity index (χ0) is 12.7. The van der Waals surface area contributed by atoms with Crippen LogP contribution in [0.15, 0.2) is 18.2 Å². The quantitative estimate of drug-likeness (QED) is 0.741. The zero-order valence-corrected chi connectivity index (χ0v) is 10.7. The molecule has 1 unspecified atom stereocenters. The minimum Gasteiger partial charge on any atom is -0.493 e. The van der Waals surface area contributed by atoms with Crippen LogP contribution in [-0.4, -0.2) is 26.9 Å². The van der Waals surface area contributed by atoms with Gasteiger partial charge in [0.05, 0.1) is 13.7 Å². The second kappa shape index (κ2) is 7.14. The lowest BCUT2D eigenvalue weighted by atomic mass is 10.1. The van der Waals surface area contributed by atoms with Crippen LogP contribution in [0.3, 0.4) is 0 Å². The number of rotatable bonds is 7. The molecule has 0 aromatic heterocycles. The highest BCUT2D eigenvalue weighted by Crippen LogP contribution is 2.29. The summed E-state index contributed by atoms with van der Waals surface area (Å²) in [6, 6.07) is 5.72. The van der Waals surface area contributed by atoms with E-state index in [0.29, 0.717) is 25.6 Å². The molecule has 4 heteroatoms. The molecule has 1 aromatic rings. The van der Waals surface area contributed by atoms with Crippen LogP contribution >= 0.6 is 0 Å². The van der Waals surface area contributed by atoms with Gasteiger partial charge in [-0.15, -0.1) is 0 Å². The summed E-state index contributed by atoms with van der Waals surface area (Å²) in [5.74, 6) is 1.42. The molecule has 0 heterocycles. The van der Waals surface area contributed by atoms with Crippen LogP contribution < -0.4 is 15.2 Å². The Hall–Kier alpha value is -1.26. The first kappa shape index (κ1) is 13.8. The monoisotopic (exact) mass is 239 g/mol. The molecule has 0 fully saturated rings. The van der Waals surface area contributed by atoms with Gasteiger partial charge >= 0.3 is 0 Å². The predicted molar refractivity (Wildman–Crippen MR) is 67.6 cm³/mol. The maximum atomic E-state index is 5.81. The first-order valence-corrected chi connectivity index (χ1v) is 5.83. The molecule has 96 valence electrons. The summed E-state index contributed by atoms with van der Waals surface area (Å²) in [5, 5.41) is 0. The number of methoxy groups -OCH3 is 1. The van der Waals surface area contributed by atoms with E-state index < -0.39 is 0 Å². The second-order valence-electron chi connectivity index (χ2n) is 3.74. The van der Waals surface area contributed by atoms with E-state index in [1.165, 1.54) is 0 Å². The van der Waals surface area contributed by atoms with E-state index in [1.54, 1.807) is 7.11 Å². The summed E-state index contributed by atoms with van der Waals surface area (Å²) < 4.78 is 16.1. The third-order valence-electron chi connectivity index (χ3n) is 2.40. The fraction of sp³-hybridized carbons (Fsp3) is 0.538. The van der Waals surface area contributed by atoms with Gasteiger partial charge in [0, 0.05) is 12.6 Å². The number of hydrogen-bond acceptors (Lipinski definition) is 4. The van der Waals surface area contributed by atoms with Gasteiger partial charge in [-0.25, -0.2) is 0 Å². The third kappa shape index (κ3) is 4.24. The molecule has 2 N–H and O–H groups in total. The van der Waals surface area contributed by atoms with E-state index in [-0.39, 0.29) is 6.04 Å². The molecule has 17 heavy (non-hydrogen) atoms. The summed E-state index contributed by atoms with van der Waals surface area (Å²) in [7, 11) is 1.62. The highest BCUT2D eigenvalue weighted by molar-refractivity contribution is 5.43. The Morgan fingerprint density at radius 3 is 2.59 bits per heavy atom. The maximum absolute atomic E-state index is 5.81. The Morgan fingerprint density at radius 1 is 1.24 bits per heavy atom. The average molecular weight is 239 g/mol. The number of hydrogen-bond donors (Lipinski definition) is 1. The van der Waals surface area contributed by atoms with E-state index in [2.05, 4.69) is 0 Å². The molecule has 1 atom stereocenters. The largest absolute Gasteiger partial charge is 0.493 e. The van der Waals surface area contributed by atoms with Gasteiger partial charge in [-0.3, -0.25) is 0 Å². The van der Waals surface area contributed by atoms with Crippen LogP contribution in [0, 0.1) is 0 Å². The lowest BCUT2D eigenvalue weighted by Gasteiger charge is -2.13. The van der Waals surface area contributed by atoms with Gasteiger partial charge in [-0.2, -0.15) is 0 Å². The van der Waals surface area contributed by atoms with Crippen LogP contribution in [0.1, 0.15) is 25.5 Å². The van der Waals surface area contributed by atoms with Crippen molar-refractivity contribution in [2.45, 2.75) is 19.9 Å². The van der Waals surface area contributed by atoms with Crippen molar-refractivity contribution in [3.8, 4) is 11.5 Å². The van der Waals surface area contributed by atoms with Crippen LogP contribution in [0.2, 0.25) is 0 Å². The van der Waals surface area contributed by atoms with Crippen molar-refractivity contribution in [3.63, 3.8) is 0 Å². The van der Waals surface area contributed by atoms with Crippen molar-refractivity contribution in [2.24, 2.45) is 5.73 Å². The van der Waals surface area contributed by atoms with Gasteiger partial charge in [0.1, 0.15) is 6.61 Å². The summed E-state index contributed by atoms with van der Waals surface area (Å²) >= 11 is 0. The number of benzene rings is 1. The molecule has 0 amide bonds. The van der Waals surface area contributed by atoms with Gasteiger partial charge in [-0.1, -0.05) is 6.07 Å². The van der Waals surface area contributed by atoms with Crippen molar-refractivity contribution >= 4 is 0 Å². The minimum absolute atomic E-state index is 0.0126. The van der Waals surface area contributed by atoms with Gasteiger partial charge in [-0.05, 0) is 31.5 Å². The molecule has 0 bridgehead atoms. The van der Waals surface area contributed by atoms with Crippen molar-refractivity contribution in [1.82, 2.24) is 0 Å². The summed E-state index contributed by atoms with van der Waals surface area (Å²) in [4.78, 5) is 0. The lowest BCUT2D eigenvalue weighted by molar-refractivity contribution is 0.109. The molecular formula is C13H21NO3. The molecular weight excluding hydrogens is 218 g/mol. The first-order chi connectivity index (χ1) is 8.19. The Labute approximate surface area is 103 Å². The summed E-state index contributed by atoms with van der Waals surface area (Å²) in [6.07, 6.45) is 0.